The van der Waals surface area contributed by atoms with E-state index in [0.717, 1.165) is 17.6 Å². The first kappa shape index (κ1) is 12.0. The average Bonchev–Trinajstić information content (AvgIpc) is 2.29. The Kier molecular flexibility index (Phi) is 4.53. The Bertz CT molecular complexity index is 306. The van der Waals surface area contributed by atoms with Crippen molar-refractivity contribution in [3.63, 3.8) is 0 Å². The Morgan fingerprint density at radius 1 is 1.27 bits per heavy atom. The van der Waals surface area contributed by atoms with E-state index in [1.54, 1.807) is 0 Å². The highest BCUT2D eigenvalue weighted by Crippen LogP contribution is 2.21. The third-order valence-corrected chi connectivity index (χ3v) is 2.50. The van der Waals surface area contributed by atoms with Gasteiger partial charge in [0.05, 0.1) is 6.10 Å². The minimum atomic E-state index is -0.825. The first-order chi connectivity index (χ1) is 7.15. The van der Waals surface area contributed by atoms with E-state index in [0.29, 0.717) is 6.42 Å². The molecule has 2 nitrogen and oxygen atoms in total. The maximum Gasteiger partial charge on any atom is 0.105 e. The molecule has 0 amide bonds. The van der Waals surface area contributed by atoms with Crippen molar-refractivity contribution in [1.29, 1.82) is 0 Å². The Hall–Kier alpha value is -1.12. The van der Waals surface area contributed by atoms with Crippen LogP contribution in [-0.4, -0.2) is 16.3 Å². The van der Waals surface area contributed by atoms with Crippen molar-refractivity contribution < 1.29 is 10.2 Å². The molecule has 0 heterocycles. The highest BCUT2D eigenvalue weighted by Gasteiger charge is 2.18. The summed E-state index contributed by atoms with van der Waals surface area (Å²) in [6.07, 6.45) is -0.306. The van der Waals surface area contributed by atoms with Crippen molar-refractivity contribution >= 4 is 0 Å². The molecule has 1 aromatic rings. The monoisotopic (exact) mass is 206 g/mol. The summed E-state index contributed by atoms with van der Waals surface area (Å²) < 4.78 is 0. The van der Waals surface area contributed by atoms with Crippen molar-refractivity contribution in [1.82, 2.24) is 0 Å². The Balaban J connectivity index is 2.61. The number of benzene rings is 1. The van der Waals surface area contributed by atoms with Crippen molar-refractivity contribution in [2.45, 2.75) is 32.0 Å². The lowest BCUT2D eigenvalue weighted by Crippen LogP contribution is -2.18. The van der Waals surface area contributed by atoms with Crippen LogP contribution >= 0.6 is 0 Å². The molecule has 0 aromatic heterocycles. The number of hydrogen-bond acceptors (Lipinski definition) is 2. The van der Waals surface area contributed by atoms with Crippen LogP contribution in [0.4, 0.5) is 0 Å². The van der Waals surface area contributed by atoms with Gasteiger partial charge in [0.2, 0.25) is 0 Å². The largest absolute Gasteiger partial charge is 0.390 e. The smallest absolute Gasteiger partial charge is 0.105 e. The van der Waals surface area contributed by atoms with Crippen LogP contribution in [0.2, 0.25) is 0 Å². The van der Waals surface area contributed by atoms with Gasteiger partial charge in [-0.15, -0.1) is 0 Å². The summed E-state index contributed by atoms with van der Waals surface area (Å²) in [4.78, 5) is 0. The lowest BCUT2D eigenvalue weighted by molar-refractivity contribution is 0.0187. The second-order valence-electron chi connectivity index (χ2n) is 3.73. The lowest BCUT2D eigenvalue weighted by Gasteiger charge is -2.18. The second-order valence-corrected chi connectivity index (χ2v) is 3.73. The molecular weight excluding hydrogens is 188 g/mol. The minimum absolute atomic E-state index is 0.451. The van der Waals surface area contributed by atoms with E-state index in [-0.39, 0.29) is 0 Å². The van der Waals surface area contributed by atoms with Crippen LogP contribution in [0.25, 0.3) is 0 Å². The fourth-order valence-electron chi connectivity index (χ4n) is 1.42. The van der Waals surface area contributed by atoms with Crippen LogP contribution < -0.4 is 0 Å². The molecule has 0 saturated heterocycles. The standard InChI is InChI=1S/C13H18O2/c1-3-10(2)9-12(14)13(15)11-7-5-4-6-8-11/h4-8,12-15H,2-3,9H2,1H3. The fourth-order valence-corrected chi connectivity index (χ4v) is 1.42. The van der Waals surface area contributed by atoms with Gasteiger partial charge in [0.15, 0.2) is 0 Å². The van der Waals surface area contributed by atoms with E-state index in [1.807, 2.05) is 37.3 Å². The molecule has 0 bridgehead atoms. The zero-order valence-corrected chi connectivity index (χ0v) is 9.06. The predicted octanol–water partition coefficient (Wildman–Crippen LogP) is 2.44. The molecule has 0 saturated carbocycles. The summed E-state index contributed by atoms with van der Waals surface area (Å²) in [7, 11) is 0. The molecule has 15 heavy (non-hydrogen) atoms. The average molecular weight is 206 g/mol. The normalized spacial score (nSPS) is 14.6. The molecule has 82 valence electrons. The van der Waals surface area contributed by atoms with Gasteiger partial charge >= 0.3 is 0 Å². The summed E-state index contributed by atoms with van der Waals surface area (Å²) in [6, 6.07) is 9.19. The first-order valence-electron chi connectivity index (χ1n) is 5.23. The maximum atomic E-state index is 9.84. The van der Waals surface area contributed by atoms with Crippen molar-refractivity contribution in [3.8, 4) is 0 Å². The number of rotatable bonds is 5. The number of aliphatic hydroxyl groups is 2. The van der Waals surface area contributed by atoms with Gasteiger partial charge in [-0.3, -0.25) is 0 Å². The van der Waals surface area contributed by atoms with Crippen LogP contribution in [0.3, 0.4) is 0 Å². The van der Waals surface area contributed by atoms with Gasteiger partial charge in [0.1, 0.15) is 6.10 Å². The van der Waals surface area contributed by atoms with E-state index in [4.69, 9.17) is 0 Å². The lowest BCUT2D eigenvalue weighted by atomic mass is 9.98. The molecule has 0 aliphatic carbocycles. The quantitative estimate of drug-likeness (QED) is 0.726. The van der Waals surface area contributed by atoms with Gasteiger partial charge in [0, 0.05) is 0 Å². The number of aliphatic hydroxyl groups excluding tert-OH is 2. The van der Waals surface area contributed by atoms with E-state index in [1.165, 1.54) is 0 Å². The molecule has 2 heteroatoms. The molecule has 0 fully saturated rings. The van der Waals surface area contributed by atoms with Gasteiger partial charge in [-0.1, -0.05) is 49.4 Å². The van der Waals surface area contributed by atoms with E-state index < -0.39 is 12.2 Å². The highest BCUT2D eigenvalue weighted by molar-refractivity contribution is 5.18. The molecule has 1 rings (SSSR count). The molecule has 2 atom stereocenters. The van der Waals surface area contributed by atoms with Crippen LogP contribution in [0.5, 0.6) is 0 Å². The van der Waals surface area contributed by atoms with E-state index >= 15 is 0 Å². The molecule has 2 unspecified atom stereocenters. The molecule has 1 aromatic carbocycles. The fraction of sp³-hybridized carbons (Fsp3) is 0.385. The number of hydrogen-bond donors (Lipinski definition) is 2. The Morgan fingerprint density at radius 3 is 2.40 bits per heavy atom. The summed E-state index contributed by atoms with van der Waals surface area (Å²) >= 11 is 0. The minimum Gasteiger partial charge on any atom is -0.390 e. The Labute approximate surface area is 90.9 Å². The molecule has 0 aliphatic rings. The van der Waals surface area contributed by atoms with Crippen LogP contribution in [0.15, 0.2) is 42.5 Å². The van der Waals surface area contributed by atoms with Crippen molar-refractivity contribution in [2.24, 2.45) is 0 Å². The van der Waals surface area contributed by atoms with Crippen molar-refractivity contribution in [3.05, 3.63) is 48.0 Å². The summed E-state index contributed by atoms with van der Waals surface area (Å²) in [6.45, 7) is 5.81. The van der Waals surface area contributed by atoms with Gasteiger partial charge in [-0.05, 0) is 18.4 Å². The third-order valence-electron chi connectivity index (χ3n) is 2.50. The van der Waals surface area contributed by atoms with E-state index in [2.05, 4.69) is 6.58 Å². The topological polar surface area (TPSA) is 40.5 Å². The third kappa shape index (κ3) is 3.50. The van der Waals surface area contributed by atoms with Gasteiger partial charge in [0.25, 0.3) is 0 Å². The van der Waals surface area contributed by atoms with Gasteiger partial charge < -0.3 is 10.2 Å². The molecule has 0 radical (unpaired) electrons. The summed E-state index contributed by atoms with van der Waals surface area (Å²) in [5.74, 6) is 0. The van der Waals surface area contributed by atoms with E-state index in [9.17, 15) is 10.2 Å². The van der Waals surface area contributed by atoms with Crippen molar-refractivity contribution in [2.75, 3.05) is 0 Å². The SMILES string of the molecule is C=C(CC)CC(O)C(O)c1ccccc1. The zero-order chi connectivity index (χ0) is 11.3. The molecular formula is C13H18O2. The Morgan fingerprint density at radius 2 is 1.87 bits per heavy atom. The first-order valence-corrected chi connectivity index (χ1v) is 5.23. The summed E-state index contributed by atoms with van der Waals surface area (Å²) in [5.41, 5.74) is 1.70. The molecule has 2 N–H and O–H groups in total. The molecule has 0 spiro atoms. The predicted molar refractivity (Wildman–Crippen MR) is 61.5 cm³/mol. The van der Waals surface area contributed by atoms with Crippen LogP contribution in [0.1, 0.15) is 31.4 Å². The maximum absolute atomic E-state index is 9.84. The van der Waals surface area contributed by atoms with Crippen LogP contribution in [-0.2, 0) is 0 Å². The second kappa shape index (κ2) is 5.69. The summed E-state index contributed by atoms with van der Waals surface area (Å²) in [5, 5.41) is 19.6. The highest BCUT2D eigenvalue weighted by atomic mass is 16.3. The van der Waals surface area contributed by atoms with Gasteiger partial charge in [-0.25, -0.2) is 0 Å². The zero-order valence-electron chi connectivity index (χ0n) is 9.06. The molecule has 0 aliphatic heterocycles. The van der Waals surface area contributed by atoms with Gasteiger partial charge in [-0.2, -0.15) is 0 Å². The van der Waals surface area contributed by atoms with Crippen LogP contribution in [0, 0.1) is 0 Å².